The molecule has 0 saturated heterocycles. The highest BCUT2D eigenvalue weighted by Crippen LogP contribution is 2.41. The summed E-state index contributed by atoms with van der Waals surface area (Å²) in [6.07, 6.45) is 0.544. The molecule has 35 heavy (non-hydrogen) atoms. The fraction of sp³-hybridized carbons (Fsp3) is 0.233. The van der Waals surface area contributed by atoms with Gasteiger partial charge in [-0.25, -0.2) is 9.18 Å². The fourth-order valence-corrected chi connectivity index (χ4v) is 5.13. The van der Waals surface area contributed by atoms with Gasteiger partial charge in [0, 0.05) is 24.1 Å². The van der Waals surface area contributed by atoms with Gasteiger partial charge >= 0.3 is 5.97 Å². The zero-order valence-corrected chi connectivity index (χ0v) is 19.8. The Kier molecular flexibility index (Phi) is 6.27. The number of fused-ring (bicyclic) bond motifs is 2. The van der Waals surface area contributed by atoms with Crippen LogP contribution in [-0.2, 0) is 0 Å². The summed E-state index contributed by atoms with van der Waals surface area (Å²) >= 11 is 0. The molecule has 4 aromatic rings. The maximum Gasteiger partial charge on any atom is 0.338 e. The smallest absolute Gasteiger partial charge is 0.338 e. The molecule has 2 N–H and O–H groups in total. The lowest BCUT2D eigenvalue weighted by molar-refractivity contribution is 0.0691. The summed E-state index contributed by atoms with van der Waals surface area (Å²) < 4.78 is 20.8. The quantitative estimate of drug-likeness (QED) is 0.333. The van der Waals surface area contributed by atoms with Crippen LogP contribution < -0.4 is 10.1 Å². The second-order valence-corrected chi connectivity index (χ2v) is 9.27. The number of para-hydroxylation sites is 1. The van der Waals surface area contributed by atoms with Crippen LogP contribution in [0.15, 0.2) is 78.9 Å². The summed E-state index contributed by atoms with van der Waals surface area (Å²) in [4.78, 5) is 11.6. The first-order valence-electron chi connectivity index (χ1n) is 11.9. The van der Waals surface area contributed by atoms with E-state index in [9.17, 15) is 14.3 Å². The molecule has 4 aromatic carbocycles. The summed E-state index contributed by atoms with van der Waals surface area (Å²) in [5.41, 5.74) is 3.07. The van der Waals surface area contributed by atoms with Crippen molar-refractivity contribution < 1.29 is 19.0 Å². The van der Waals surface area contributed by atoms with Gasteiger partial charge in [-0.3, -0.25) is 0 Å². The first-order chi connectivity index (χ1) is 16.9. The molecular formula is C30H28FNO3. The molecule has 1 aliphatic heterocycles. The van der Waals surface area contributed by atoms with Crippen molar-refractivity contribution in [3.05, 3.63) is 112 Å². The molecule has 0 spiro atoms. The molecular weight excluding hydrogens is 441 g/mol. The Labute approximate surface area is 204 Å². The molecule has 5 heteroatoms. The van der Waals surface area contributed by atoms with E-state index in [0.717, 1.165) is 16.9 Å². The predicted molar refractivity (Wildman–Crippen MR) is 136 cm³/mol. The summed E-state index contributed by atoms with van der Waals surface area (Å²) in [6.45, 7) is 4.39. The van der Waals surface area contributed by atoms with Crippen LogP contribution in [-0.4, -0.2) is 23.7 Å². The average molecular weight is 470 g/mol. The van der Waals surface area contributed by atoms with Crippen molar-refractivity contribution in [2.45, 2.75) is 38.3 Å². The molecule has 1 heterocycles. The number of carbonyl (C=O) groups is 1. The molecule has 0 fully saturated rings. The Balaban J connectivity index is 1.41. The standard InChI is InChI=1S/C30H28FNO3/c1-18-14-21(15-27(29(18)31)30(33)34)26-16-22(35-28-13-6-5-11-25(26)28)17-32-19(2)23-12-7-9-20-8-3-4-10-24(20)23/h3-15,19,22,26,32H,16-17H2,1-2H3,(H,33,34)/t19-,22-,26-/m1/s1. The lowest BCUT2D eigenvalue weighted by Crippen LogP contribution is -2.37. The SMILES string of the molecule is Cc1cc([C@H]2C[C@H](CN[C@H](C)c3cccc4ccccc34)Oc3ccccc32)cc(C(=O)O)c1F. The minimum atomic E-state index is -1.25. The van der Waals surface area contributed by atoms with E-state index in [1.165, 1.54) is 22.4 Å². The van der Waals surface area contributed by atoms with Crippen molar-refractivity contribution in [3.8, 4) is 5.75 Å². The number of ether oxygens (including phenoxy) is 1. The Bertz CT molecular complexity index is 1390. The largest absolute Gasteiger partial charge is 0.489 e. The summed E-state index contributed by atoms with van der Waals surface area (Å²) in [5.74, 6) is -1.23. The first-order valence-corrected chi connectivity index (χ1v) is 11.9. The van der Waals surface area contributed by atoms with Gasteiger partial charge in [0.15, 0.2) is 0 Å². The van der Waals surface area contributed by atoms with Crippen molar-refractivity contribution in [2.24, 2.45) is 0 Å². The van der Waals surface area contributed by atoms with Gasteiger partial charge in [0.2, 0.25) is 0 Å². The lowest BCUT2D eigenvalue weighted by Gasteiger charge is -2.33. The highest BCUT2D eigenvalue weighted by atomic mass is 19.1. The molecule has 3 atom stereocenters. The summed E-state index contributed by atoms with van der Waals surface area (Å²) in [6, 6.07) is 25.9. The number of hydrogen-bond acceptors (Lipinski definition) is 3. The van der Waals surface area contributed by atoms with Gasteiger partial charge in [-0.2, -0.15) is 0 Å². The number of aromatic carboxylic acids is 1. The molecule has 0 saturated carbocycles. The van der Waals surface area contributed by atoms with Crippen LogP contribution >= 0.6 is 0 Å². The Morgan fingerprint density at radius 3 is 2.66 bits per heavy atom. The summed E-state index contributed by atoms with van der Waals surface area (Å²) in [5, 5.41) is 15.6. The first kappa shape index (κ1) is 23.1. The van der Waals surface area contributed by atoms with Gasteiger partial charge in [0.25, 0.3) is 0 Å². The van der Waals surface area contributed by atoms with Gasteiger partial charge in [-0.15, -0.1) is 0 Å². The molecule has 0 aromatic heterocycles. The van der Waals surface area contributed by atoms with Crippen LogP contribution in [0.25, 0.3) is 10.8 Å². The molecule has 0 radical (unpaired) electrons. The van der Waals surface area contributed by atoms with E-state index in [1.807, 2.05) is 30.3 Å². The van der Waals surface area contributed by atoms with Crippen molar-refractivity contribution in [1.29, 1.82) is 0 Å². The van der Waals surface area contributed by atoms with Crippen molar-refractivity contribution in [2.75, 3.05) is 6.54 Å². The fourth-order valence-electron chi connectivity index (χ4n) is 5.13. The molecule has 1 aliphatic rings. The Hall–Kier alpha value is -3.70. The number of carboxylic acids is 1. The van der Waals surface area contributed by atoms with Crippen LogP contribution in [0.3, 0.4) is 0 Å². The Morgan fingerprint density at radius 1 is 1.09 bits per heavy atom. The number of aryl methyl sites for hydroxylation is 1. The average Bonchev–Trinajstić information content (AvgIpc) is 2.87. The van der Waals surface area contributed by atoms with E-state index in [-0.39, 0.29) is 23.6 Å². The van der Waals surface area contributed by atoms with Crippen LogP contribution in [0.2, 0.25) is 0 Å². The van der Waals surface area contributed by atoms with Crippen molar-refractivity contribution in [1.82, 2.24) is 5.32 Å². The molecule has 0 aliphatic carbocycles. The second kappa shape index (κ2) is 9.51. The van der Waals surface area contributed by atoms with Crippen molar-refractivity contribution >= 4 is 16.7 Å². The minimum Gasteiger partial charge on any atom is -0.489 e. The van der Waals surface area contributed by atoms with Crippen molar-refractivity contribution in [3.63, 3.8) is 0 Å². The Morgan fingerprint density at radius 2 is 1.83 bits per heavy atom. The monoisotopic (exact) mass is 469 g/mol. The van der Waals surface area contributed by atoms with Gasteiger partial charge < -0.3 is 15.2 Å². The molecule has 0 unspecified atom stereocenters. The third-order valence-electron chi connectivity index (χ3n) is 6.94. The molecule has 5 rings (SSSR count). The minimum absolute atomic E-state index is 0.0861. The van der Waals surface area contributed by atoms with Crippen LogP contribution in [0.5, 0.6) is 5.75 Å². The highest BCUT2D eigenvalue weighted by molar-refractivity contribution is 5.88. The normalized spacial score (nSPS) is 18.0. The maximum absolute atomic E-state index is 14.4. The zero-order valence-electron chi connectivity index (χ0n) is 19.8. The zero-order chi connectivity index (χ0) is 24.5. The van der Waals surface area contributed by atoms with E-state index < -0.39 is 11.8 Å². The van der Waals surface area contributed by atoms with Gasteiger partial charge in [0.05, 0.1) is 5.56 Å². The summed E-state index contributed by atoms with van der Waals surface area (Å²) in [7, 11) is 0. The van der Waals surface area contributed by atoms with Crippen LogP contribution in [0, 0.1) is 12.7 Å². The number of rotatable bonds is 6. The number of hydrogen-bond donors (Lipinski definition) is 2. The molecule has 0 bridgehead atoms. The van der Waals surface area contributed by atoms with E-state index in [4.69, 9.17) is 4.74 Å². The number of carboxylic acid groups (broad SMARTS) is 1. The van der Waals surface area contributed by atoms with Gasteiger partial charge in [-0.1, -0.05) is 66.7 Å². The lowest BCUT2D eigenvalue weighted by atomic mass is 9.82. The predicted octanol–water partition coefficient (Wildman–Crippen LogP) is 6.62. The van der Waals surface area contributed by atoms with Crippen LogP contribution in [0.4, 0.5) is 4.39 Å². The topological polar surface area (TPSA) is 58.6 Å². The molecule has 0 amide bonds. The van der Waals surface area contributed by atoms with Gasteiger partial charge in [-0.05, 0) is 59.9 Å². The molecule has 4 nitrogen and oxygen atoms in total. The number of nitrogens with one attached hydrogen (secondary N) is 1. The van der Waals surface area contributed by atoms with Crippen LogP contribution in [0.1, 0.15) is 57.9 Å². The van der Waals surface area contributed by atoms with E-state index in [1.54, 1.807) is 13.0 Å². The number of halogens is 1. The van der Waals surface area contributed by atoms with E-state index in [0.29, 0.717) is 18.5 Å². The molecule has 178 valence electrons. The third-order valence-corrected chi connectivity index (χ3v) is 6.94. The second-order valence-electron chi connectivity index (χ2n) is 9.27. The van der Waals surface area contributed by atoms with E-state index >= 15 is 0 Å². The van der Waals surface area contributed by atoms with Gasteiger partial charge in [0.1, 0.15) is 17.7 Å². The highest BCUT2D eigenvalue weighted by Gasteiger charge is 2.31. The maximum atomic E-state index is 14.4. The van der Waals surface area contributed by atoms with E-state index in [2.05, 4.69) is 48.6 Å². The number of benzene rings is 4. The third kappa shape index (κ3) is 4.52.